The highest BCUT2D eigenvalue weighted by atomic mass is 16.5. The minimum atomic E-state index is -0.0863. The van der Waals surface area contributed by atoms with E-state index in [-0.39, 0.29) is 6.10 Å². The summed E-state index contributed by atoms with van der Waals surface area (Å²) in [4.78, 5) is 0. The Balaban J connectivity index is 1.52. The van der Waals surface area contributed by atoms with Crippen LogP contribution in [0.1, 0.15) is 38.5 Å². The summed E-state index contributed by atoms with van der Waals surface area (Å²) in [5, 5.41) is 10.2. The Labute approximate surface area is 92.0 Å². The van der Waals surface area contributed by atoms with Gasteiger partial charge < -0.3 is 9.84 Å². The second kappa shape index (κ2) is 4.06. The molecule has 3 aliphatic rings. The van der Waals surface area contributed by atoms with E-state index in [0.717, 1.165) is 43.8 Å². The first-order chi connectivity index (χ1) is 7.33. The monoisotopic (exact) mass is 210 g/mol. The highest BCUT2D eigenvalue weighted by molar-refractivity contribution is 4.91. The van der Waals surface area contributed by atoms with Gasteiger partial charge in [-0.25, -0.2) is 0 Å². The van der Waals surface area contributed by atoms with Crippen LogP contribution in [-0.4, -0.2) is 24.4 Å². The summed E-state index contributed by atoms with van der Waals surface area (Å²) in [5.41, 5.74) is 0. The minimum Gasteiger partial charge on any atom is -0.393 e. The zero-order valence-electron chi connectivity index (χ0n) is 9.40. The lowest BCUT2D eigenvalue weighted by atomic mass is 9.82. The first-order valence-electron chi connectivity index (χ1n) is 6.58. The summed E-state index contributed by atoms with van der Waals surface area (Å²) in [7, 11) is 0. The number of ether oxygens (including phenoxy) is 1. The zero-order chi connectivity index (χ0) is 10.3. The molecule has 2 saturated carbocycles. The molecule has 0 amide bonds. The van der Waals surface area contributed by atoms with Gasteiger partial charge in [-0.1, -0.05) is 6.42 Å². The molecule has 1 heterocycles. The van der Waals surface area contributed by atoms with Crippen molar-refractivity contribution in [1.29, 1.82) is 0 Å². The number of aliphatic hydroxyl groups excluding tert-OH is 1. The Kier molecular flexibility index (Phi) is 2.73. The standard InChI is InChI=1S/C13H22O2/c14-13(11-3-4-15-8-11)7-12-6-9-1-2-10(12)5-9/h9-14H,1-8H2. The maximum Gasteiger partial charge on any atom is 0.0594 e. The van der Waals surface area contributed by atoms with Gasteiger partial charge in [0, 0.05) is 12.5 Å². The van der Waals surface area contributed by atoms with Crippen molar-refractivity contribution >= 4 is 0 Å². The van der Waals surface area contributed by atoms with E-state index in [1.165, 1.54) is 25.7 Å². The molecule has 5 unspecified atom stereocenters. The van der Waals surface area contributed by atoms with Crippen molar-refractivity contribution in [2.45, 2.75) is 44.6 Å². The van der Waals surface area contributed by atoms with E-state index in [9.17, 15) is 5.11 Å². The van der Waals surface area contributed by atoms with Crippen LogP contribution in [0.3, 0.4) is 0 Å². The fourth-order valence-corrected chi connectivity index (χ4v) is 4.02. The van der Waals surface area contributed by atoms with Gasteiger partial charge in [0.2, 0.25) is 0 Å². The molecule has 15 heavy (non-hydrogen) atoms. The van der Waals surface area contributed by atoms with E-state index < -0.39 is 0 Å². The largest absolute Gasteiger partial charge is 0.393 e. The normalized spacial score (nSPS) is 46.2. The van der Waals surface area contributed by atoms with Crippen molar-refractivity contribution in [2.24, 2.45) is 23.7 Å². The topological polar surface area (TPSA) is 29.5 Å². The molecule has 2 bridgehead atoms. The van der Waals surface area contributed by atoms with Gasteiger partial charge in [-0.2, -0.15) is 0 Å². The van der Waals surface area contributed by atoms with Crippen molar-refractivity contribution in [1.82, 2.24) is 0 Å². The molecule has 2 nitrogen and oxygen atoms in total. The van der Waals surface area contributed by atoms with E-state index in [2.05, 4.69) is 0 Å². The Morgan fingerprint density at radius 2 is 2.13 bits per heavy atom. The average Bonchev–Trinajstić information content (AvgIpc) is 2.95. The quantitative estimate of drug-likeness (QED) is 0.774. The average molecular weight is 210 g/mol. The molecule has 0 aromatic carbocycles. The van der Waals surface area contributed by atoms with Crippen LogP contribution in [-0.2, 0) is 4.74 Å². The smallest absolute Gasteiger partial charge is 0.0594 e. The third-order valence-electron chi connectivity index (χ3n) is 4.94. The third-order valence-corrected chi connectivity index (χ3v) is 4.94. The number of hydrogen-bond acceptors (Lipinski definition) is 2. The number of rotatable bonds is 3. The molecule has 0 aromatic heterocycles. The van der Waals surface area contributed by atoms with Crippen LogP contribution in [0.2, 0.25) is 0 Å². The number of fused-ring (bicyclic) bond motifs is 2. The molecular weight excluding hydrogens is 188 g/mol. The molecule has 0 radical (unpaired) electrons. The predicted molar refractivity (Wildman–Crippen MR) is 58.5 cm³/mol. The molecular formula is C13H22O2. The van der Waals surface area contributed by atoms with Gasteiger partial charge in [-0.05, 0) is 49.9 Å². The predicted octanol–water partition coefficient (Wildman–Crippen LogP) is 2.21. The van der Waals surface area contributed by atoms with Gasteiger partial charge in [0.1, 0.15) is 0 Å². The van der Waals surface area contributed by atoms with E-state index in [1.807, 2.05) is 0 Å². The van der Waals surface area contributed by atoms with E-state index in [4.69, 9.17) is 4.74 Å². The molecule has 2 aliphatic carbocycles. The third kappa shape index (κ3) is 1.94. The lowest BCUT2D eigenvalue weighted by Crippen LogP contribution is -2.26. The Bertz CT molecular complexity index is 223. The van der Waals surface area contributed by atoms with Gasteiger partial charge >= 0.3 is 0 Å². The second-order valence-electron chi connectivity index (χ2n) is 5.86. The van der Waals surface area contributed by atoms with Crippen molar-refractivity contribution in [2.75, 3.05) is 13.2 Å². The lowest BCUT2D eigenvalue weighted by molar-refractivity contribution is 0.0616. The summed E-state index contributed by atoms with van der Waals surface area (Å²) >= 11 is 0. The fourth-order valence-electron chi connectivity index (χ4n) is 4.02. The molecule has 3 fully saturated rings. The van der Waals surface area contributed by atoms with Crippen LogP contribution in [0, 0.1) is 23.7 Å². The van der Waals surface area contributed by atoms with Crippen LogP contribution in [0.15, 0.2) is 0 Å². The fraction of sp³-hybridized carbons (Fsp3) is 1.00. The lowest BCUT2D eigenvalue weighted by Gasteiger charge is -2.26. The van der Waals surface area contributed by atoms with Crippen LogP contribution < -0.4 is 0 Å². The van der Waals surface area contributed by atoms with Gasteiger partial charge in [0.15, 0.2) is 0 Å². The zero-order valence-corrected chi connectivity index (χ0v) is 9.40. The Hall–Kier alpha value is -0.0800. The molecule has 3 rings (SSSR count). The highest BCUT2D eigenvalue weighted by Crippen LogP contribution is 2.50. The minimum absolute atomic E-state index is 0.0863. The molecule has 1 N–H and O–H groups in total. The van der Waals surface area contributed by atoms with E-state index in [0.29, 0.717) is 5.92 Å². The van der Waals surface area contributed by atoms with Crippen molar-refractivity contribution in [3.63, 3.8) is 0 Å². The maximum atomic E-state index is 10.2. The van der Waals surface area contributed by atoms with Crippen LogP contribution in [0.4, 0.5) is 0 Å². The summed E-state index contributed by atoms with van der Waals surface area (Å²) < 4.78 is 5.34. The van der Waals surface area contributed by atoms with Gasteiger partial charge in [0.25, 0.3) is 0 Å². The Morgan fingerprint density at radius 1 is 1.20 bits per heavy atom. The van der Waals surface area contributed by atoms with Gasteiger partial charge in [-0.15, -0.1) is 0 Å². The summed E-state index contributed by atoms with van der Waals surface area (Å²) in [6.07, 6.45) is 7.79. The van der Waals surface area contributed by atoms with Crippen LogP contribution >= 0.6 is 0 Å². The number of aliphatic hydroxyl groups is 1. The SMILES string of the molecule is OC(CC1CC2CCC1C2)C1CCOC1. The van der Waals surface area contributed by atoms with Crippen molar-refractivity contribution < 1.29 is 9.84 Å². The molecule has 0 spiro atoms. The molecule has 1 aliphatic heterocycles. The van der Waals surface area contributed by atoms with Gasteiger partial charge in [0.05, 0.1) is 12.7 Å². The molecule has 5 atom stereocenters. The van der Waals surface area contributed by atoms with Crippen molar-refractivity contribution in [3.05, 3.63) is 0 Å². The van der Waals surface area contributed by atoms with E-state index >= 15 is 0 Å². The molecule has 1 saturated heterocycles. The maximum absolute atomic E-state index is 10.2. The molecule has 0 aromatic rings. The summed E-state index contributed by atoms with van der Waals surface area (Å²) in [5.74, 6) is 3.22. The highest BCUT2D eigenvalue weighted by Gasteiger charge is 2.41. The summed E-state index contributed by atoms with van der Waals surface area (Å²) in [6, 6.07) is 0. The van der Waals surface area contributed by atoms with Crippen LogP contribution in [0.25, 0.3) is 0 Å². The Morgan fingerprint density at radius 3 is 2.73 bits per heavy atom. The number of hydrogen-bond donors (Lipinski definition) is 1. The van der Waals surface area contributed by atoms with E-state index in [1.54, 1.807) is 0 Å². The summed E-state index contributed by atoms with van der Waals surface area (Å²) in [6.45, 7) is 1.65. The first kappa shape index (κ1) is 10.1. The molecule has 2 heteroatoms. The van der Waals surface area contributed by atoms with Crippen molar-refractivity contribution in [3.8, 4) is 0 Å². The molecule has 86 valence electrons. The first-order valence-corrected chi connectivity index (χ1v) is 6.58. The van der Waals surface area contributed by atoms with Crippen LogP contribution in [0.5, 0.6) is 0 Å². The van der Waals surface area contributed by atoms with Gasteiger partial charge in [-0.3, -0.25) is 0 Å². The second-order valence-corrected chi connectivity index (χ2v) is 5.86.